The highest BCUT2D eigenvalue weighted by molar-refractivity contribution is 9.10. The topological polar surface area (TPSA) is 87.3 Å². The number of carbonyl (C=O) groups excluding carboxylic acids is 2. The fourth-order valence-corrected chi connectivity index (χ4v) is 4.78. The van der Waals surface area contributed by atoms with E-state index in [4.69, 9.17) is 0 Å². The van der Waals surface area contributed by atoms with Crippen LogP contribution in [0.3, 0.4) is 0 Å². The third-order valence-electron chi connectivity index (χ3n) is 6.33. The maximum Gasteiger partial charge on any atom is 0.406 e. The summed E-state index contributed by atoms with van der Waals surface area (Å²) < 4.78 is 5.71. The maximum atomic E-state index is 13.5. The molecule has 2 amide bonds. The molecule has 178 valence electrons. The highest BCUT2D eigenvalue weighted by Gasteiger charge is 2.38. The maximum absolute atomic E-state index is 13.5. The van der Waals surface area contributed by atoms with Crippen LogP contribution in [0.5, 0.6) is 0 Å². The Labute approximate surface area is 207 Å². The van der Waals surface area contributed by atoms with Gasteiger partial charge in [0.1, 0.15) is 5.82 Å². The second-order valence-corrected chi connectivity index (χ2v) is 9.96. The molecule has 2 unspecified atom stereocenters. The van der Waals surface area contributed by atoms with Gasteiger partial charge in [-0.2, -0.15) is 0 Å². The molecule has 0 saturated carbocycles. The summed E-state index contributed by atoms with van der Waals surface area (Å²) in [6.45, 7) is 8.78. The number of aromatic amines is 1. The molecule has 2 atom stereocenters. The van der Waals surface area contributed by atoms with Crippen LogP contribution in [-0.2, 0) is 9.53 Å². The Bertz CT molecular complexity index is 1240. The summed E-state index contributed by atoms with van der Waals surface area (Å²) in [4.78, 5) is 35.0. The van der Waals surface area contributed by atoms with Crippen molar-refractivity contribution in [2.24, 2.45) is 11.8 Å². The number of ether oxygens (including phenoxy) is 1. The van der Waals surface area contributed by atoms with Gasteiger partial charge in [-0.3, -0.25) is 4.79 Å². The minimum absolute atomic E-state index is 0.0238. The Morgan fingerprint density at radius 3 is 2.74 bits per heavy atom. The quantitative estimate of drug-likeness (QED) is 0.419. The smallest absolute Gasteiger partial charge is 0.406 e. The van der Waals surface area contributed by atoms with E-state index in [1.54, 1.807) is 0 Å². The first kappa shape index (κ1) is 24.0. The molecule has 0 bridgehead atoms. The van der Waals surface area contributed by atoms with Gasteiger partial charge in [-0.1, -0.05) is 60.1 Å². The monoisotopic (exact) mass is 524 g/mol. The summed E-state index contributed by atoms with van der Waals surface area (Å²) in [5, 5.41) is 4.96. The zero-order chi connectivity index (χ0) is 24.4. The average Bonchev–Trinajstić information content (AvgIpc) is 3.45. The standard InChI is InChI=1S/C26H29BrN4O3/c1-15(2)21(12-29-26(33)34-4)25(32)31-14-16(3)9-23(31)24-28-13-22(30-24)19-6-5-18-11-20(27)8-7-17(18)10-19/h5-8,10-11,13,15,21,23H,3,9,12,14H2,1-2,4H3,(H,28,30)(H,29,33). The van der Waals surface area contributed by atoms with Crippen molar-refractivity contribution in [3.63, 3.8) is 0 Å². The molecular weight excluding hydrogens is 496 g/mol. The molecule has 0 spiro atoms. The largest absolute Gasteiger partial charge is 0.453 e. The Morgan fingerprint density at radius 2 is 2.00 bits per heavy atom. The molecular formula is C26H29BrN4O3. The molecule has 1 aromatic heterocycles. The summed E-state index contributed by atoms with van der Waals surface area (Å²) in [5.41, 5.74) is 2.92. The van der Waals surface area contributed by atoms with Crippen LogP contribution in [-0.4, -0.2) is 47.1 Å². The van der Waals surface area contributed by atoms with Crippen LogP contribution >= 0.6 is 15.9 Å². The van der Waals surface area contributed by atoms with Gasteiger partial charge in [-0.05, 0) is 41.3 Å². The number of halogens is 1. The Kier molecular flexibility index (Phi) is 7.07. The van der Waals surface area contributed by atoms with Crippen molar-refractivity contribution in [1.29, 1.82) is 0 Å². The molecule has 2 aromatic carbocycles. The number of methoxy groups -OCH3 is 1. The van der Waals surface area contributed by atoms with Crippen molar-refractivity contribution in [1.82, 2.24) is 20.2 Å². The van der Waals surface area contributed by atoms with Gasteiger partial charge >= 0.3 is 6.09 Å². The number of benzene rings is 2. The first-order valence-electron chi connectivity index (χ1n) is 11.3. The van der Waals surface area contributed by atoms with E-state index in [1.165, 1.54) is 7.11 Å². The zero-order valence-corrected chi connectivity index (χ0v) is 21.2. The number of likely N-dealkylation sites (tertiary alicyclic amines) is 1. The Hall–Kier alpha value is -3.13. The SMILES string of the molecule is C=C1CC(c2ncc(-c3ccc4cc(Br)ccc4c3)[nH]2)N(C(=O)C(CNC(=O)OC)C(C)C)C1. The van der Waals surface area contributed by atoms with Crippen molar-refractivity contribution < 1.29 is 14.3 Å². The van der Waals surface area contributed by atoms with E-state index in [9.17, 15) is 9.59 Å². The zero-order valence-electron chi connectivity index (χ0n) is 19.6. The molecule has 3 aromatic rings. The van der Waals surface area contributed by atoms with Gasteiger partial charge in [-0.15, -0.1) is 0 Å². The van der Waals surface area contributed by atoms with E-state index >= 15 is 0 Å². The van der Waals surface area contributed by atoms with Crippen LogP contribution in [0.2, 0.25) is 0 Å². The van der Waals surface area contributed by atoms with Crippen LogP contribution in [0.25, 0.3) is 22.0 Å². The van der Waals surface area contributed by atoms with E-state index in [1.807, 2.05) is 31.0 Å². The molecule has 2 N–H and O–H groups in total. The number of H-pyrrole nitrogens is 1. The number of hydrogen-bond donors (Lipinski definition) is 2. The molecule has 4 rings (SSSR count). The number of fused-ring (bicyclic) bond motifs is 1. The Balaban J connectivity index is 1.57. The van der Waals surface area contributed by atoms with Gasteiger partial charge in [-0.25, -0.2) is 9.78 Å². The fourth-order valence-electron chi connectivity index (χ4n) is 4.40. The lowest BCUT2D eigenvalue weighted by Gasteiger charge is -2.29. The number of carbonyl (C=O) groups is 2. The van der Waals surface area contributed by atoms with Gasteiger partial charge in [0, 0.05) is 23.1 Å². The predicted molar refractivity (Wildman–Crippen MR) is 136 cm³/mol. The Morgan fingerprint density at radius 1 is 1.26 bits per heavy atom. The second kappa shape index (κ2) is 10.0. The van der Waals surface area contributed by atoms with Crippen molar-refractivity contribution in [3.8, 4) is 11.3 Å². The van der Waals surface area contributed by atoms with Crippen LogP contribution in [0.15, 0.2) is 59.2 Å². The van der Waals surface area contributed by atoms with Gasteiger partial charge in [0.15, 0.2) is 0 Å². The van der Waals surface area contributed by atoms with E-state index in [0.717, 1.165) is 37.9 Å². The minimum atomic E-state index is -0.542. The van der Waals surface area contributed by atoms with Crippen LogP contribution < -0.4 is 5.32 Å². The van der Waals surface area contributed by atoms with Crippen molar-refractivity contribution in [2.45, 2.75) is 26.3 Å². The fraction of sp³-hybridized carbons (Fsp3) is 0.346. The summed E-state index contributed by atoms with van der Waals surface area (Å²) >= 11 is 3.52. The molecule has 1 aliphatic heterocycles. The van der Waals surface area contributed by atoms with Crippen LogP contribution in [0, 0.1) is 11.8 Å². The molecule has 1 fully saturated rings. The van der Waals surface area contributed by atoms with E-state index in [2.05, 4.69) is 72.9 Å². The predicted octanol–water partition coefficient (Wildman–Crippen LogP) is 5.45. The van der Waals surface area contributed by atoms with Gasteiger partial charge < -0.3 is 19.9 Å². The normalized spacial score (nSPS) is 16.8. The van der Waals surface area contributed by atoms with Crippen molar-refractivity contribution in [3.05, 3.63) is 65.0 Å². The number of nitrogens with zero attached hydrogens (tertiary/aromatic N) is 2. The van der Waals surface area contributed by atoms with E-state index < -0.39 is 6.09 Å². The first-order valence-corrected chi connectivity index (χ1v) is 12.1. The molecule has 2 heterocycles. The second-order valence-electron chi connectivity index (χ2n) is 9.05. The number of amides is 2. The van der Waals surface area contributed by atoms with Gasteiger partial charge in [0.05, 0.1) is 31.0 Å². The number of hydrogen-bond acceptors (Lipinski definition) is 4. The summed E-state index contributed by atoms with van der Waals surface area (Å²) in [5.74, 6) is 0.385. The van der Waals surface area contributed by atoms with E-state index in [0.29, 0.717) is 13.0 Å². The summed E-state index contributed by atoms with van der Waals surface area (Å²) in [6.07, 6.45) is 1.93. The average molecular weight is 525 g/mol. The number of aromatic nitrogens is 2. The molecule has 7 nitrogen and oxygen atoms in total. The van der Waals surface area contributed by atoms with Crippen molar-refractivity contribution in [2.75, 3.05) is 20.2 Å². The van der Waals surface area contributed by atoms with Crippen LogP contribution in [0.1, 0.15) is 32.1 Å². The first-order chi connectivity index (χ1) is 16.3. The third-order valence-corrected chi connectivity index (χ3v) is 6.83. The number of imidazole rings is 1. The highest BCUT2D eigenvalue weighted by Crippen LogP contribution is 2.36. The van der Waals surface area contributed by atoms with Gasteiger partial charge in [0.2, 0.25) is 5.91 Å². The van der Waals surface area contributed by atoms with E-state index in [-0.39, 0.29) is 30.3 Å². The molecule has 34 heavy (non-hydrogen) atoms. The van der Waals surface area contributed by atoms with Crippen LogP contribution in [0.4, 0.5) is 4.79 Å². The molecule has 0 radical (unpaired) electrons. The lowest BCUT2D eigenvalue weighted by atomic mass is 9.94. The number of nitrogens with one attached hydrogen (secondary N) is 2. The summed E-state index contributed by atoms with van der Waals surface area (Å²) in [7, 11) is 1.31. The lowest BCUT2D eigenvalue weighted by Crippen LogP contribution is -2.43. The van der Waals surface area contributed by atoms with Crippen molar-refractivity contribution >= 4 is 38.7 Å². The molecule has 0 aliphatic carbocycles. The molecule has 1 aliphatic rings. The van der Waals surface area contributed by atoms with Gasteiger partial charge in [0.25, 0.3) is 0 Å². The minimum Gasteiger partial charge on any atom is -0.453 e. The highest BCUT2D eigenvalue weighted by atomic mass is 79.9. The summed E-state index contributed by atoms with van der Waals surface area (Å²) in [6, 6.07) is 12.3. The molecule has 8 heteroatoms. The third kappa shape index (κ3) is 5.01. The number of rotatable bonds is 6. The molecule has 1 saturated heterocycles. The number of alkyl carbamates (subject to hydrolysis) is 1. The lowest BCUT2D eigenvalue weighted by molar-refractivity contribution is -0.137.